The van der Waals surface area contributed by atoms with Crippen molar-refractivity contribution >= 4 is 17.5 Å². The van der Waals surface area contributed by atoms with Crippen LogP contribution in [0.4, 0.5) is 0 Å². The Morgan fingerprint density at radius 1 is 1.45 bits per heavy atom. The minimum atomic E-state index is -0.566. The highest BCUT2D eigenvalue weighted by Gasteiger charge is 2.25. The van der Waals surface area contributed by atoms with Gasteiger partial charge in [0.25, 0.3) is 5.91 Å². The zero-order chi connectivity index (χ0) is 14.5. The third-order valence-corrected chi connectivity index (χ3v) is 3.50. The van der Waals surface area contributed by atoms with Crippen molar-refractivity contribution in [1.29, 1.82) is 0 Å². The Balaban J connectivity index is 2.25. The highest BCUT2D eigenvalue weighted by molar-refractivity contribution is 6.32. The predicted octanol–water partition coefficient (Wildman–Crippen LogP) is 1.89. The molecule has 2 N–H and O–H groups in total. The van der Waals surface area contributed by atoms with Crippen LogP contribution < -0.4 is 14.8 Å². The SMILES string of the molecule is COc1cc(CO)cc(Cl)c1OC1CCCCNC1=O. The molecule has 6 heteroatoms. The van der Waals surface area contributed by atoms with Gasteiger partial charge >= 0.3 is 0 Å². The van der Waals surface area contributed by atoms with E-state index in [2.05, 4.69) is 5.32 Å². The van der Waals surface area contributed by atoms with Gasteiger partial charge < -0.3 is 19.9 Å². The molecule has 0 spiro atoms. The number of methoxy groups -OCH3 is 1. The molecule has 0 radical (unpaired) electrons. The summed E-state index contributed by atoms with van der Waals surface area (Å²) in [6.07, 6.45) is 1.94. The second-order valence-corrected chi connectivity index (χ2v) is 5.07. The molecule has 0 bridgehead atoms. The van der Waals surface area contributed by atoms with Gasteiger partial charge in [0.05, 0.1) is 18.7 Å². The topological polar surface area (TPSA) is 67.8 Å². The zero-order valence-corrected chi connectivity index (χ0v) is 12.1. The number of benzene rings is 1. The van der Waals surface area contributed by atoms with Crippen LogP contribution >= 0.6 is 11.6 Å². The van der Waals surface area contributed by atoms with E-state index >= 15 is 0 Å². The van der Waals surface area contributed by atoms with E-state index in [1.165, 1.54) is 7.11 Å². The summed E-state index contributed by atoms with van der Waals surface area (Å²) < 4.78 is 11.0. The number of rotatable bonds is 4. The summed E-state index contributed by atoms with van der Waals surface area (Å²) in [6.45, 7) is 0.535. The van der Waals surface area contributed by atoms with E-state index in [1.54, 1.807) is 12.1 Å². The molecule has 1 saturated heterocycles. The summed E-state index contributed by atoms with van der Waals surface area (Å²) in [5.74, 6) is 0.624. The van der Waals surface area contributed by atoms with Gasteiger partial charge in [-0.25, -0.2) is 0 Å². The van der Waals surface area contributed by atoms with E-state index in [4.69, 9.17) is 26.2 Å². The van der Waals surface area contributed by atoms with E-state index in [0.717, 1.165) is 12.8 Å². The van der Waals surface area contributed by atoms with Crippen LogP contribution in [0.2, 0.25) is 5.02 Å². The van der Waals surface area contributed by atoms with Gasteiger partial charge in [-0.1, -0.05) is 11.6 Å². The van der Waals surface area contributed by atoms with Gasteiger partial charge in [0.1, 0.15) is 0 Å². The minimum Gasteiger partial charge on any atom is -0.493 e. The zero-order valence-electron chi connectivity index (χ0n) is 11.3. The highest BCUT2D eigenvalue weighted by Crippen LogP contribution is 2.37. The van der Waals surface area contributed by atoms with E-state index in [1.807, 2.05) is 0 Å². The average Bonchev–Trinajstić information content (AvgIpc) is 2.65. The molecule has 110 valence electrons. The van der Waals surface area contributed by atoms with Crippen LogP contribution in [0.15, 0.2) is 12.1 Å². The van der Waals surface area contributed by atoms with Gasteiger partial charge in [0.2, 0.25) is 0 Å². The van der Waals surface area contributed by atoms with E-state index in [9.17, 15) is 4.79 Å². The smallest absolute Gasteiger partial charge is 0.261 e. The lowest BCUT2D eigenvalue weighted by atomic mass is 10.1. The molecular weight excluding hydrogens is 282 g/mol. The van der Waals surface area contributed by atoms with Gasteiger partial charge in [-0.05, 0) is 37.0 Å². The maximum atomic E-state index is 11.9. The third-order valence-electron chi connectivity index (χ3n) is 3.22. The molecule has 1 aliphatic rings. The number of hydrogen-bond acceptors (Lipinski definition) is 4. The van der Waals surface area contributed by atoms with Crippen LogP contribution in [0, 0.1) is 0 Å². The number of nitrogens with one attached hydrogen (secondary N) is 1. The van der Waals surface area contributed by atoms with Crippen LogP contribution in [-0.4, -0.2) is 30.8 Å². The number of amides is 1. The number of carbonyl (C=O) groups is 1. The number of aliphatic hydroxyl groups is 1. The molecule has 1 aromatic carbocycles. The molecule has 0 aliphatic carbocycles. The molecule has 1 heterocycles. The lowest BCUT2D eigenvalue weighted by Gasteiger charge is -2.19. The first-order chi connectivity index (χ1) is 9.65. The number of ether oxygens (including phenoxy) is 2. The van der Waals surface area contributed by atoms with Crippen molar-refractivity contribution < 1.29 is 19.4 Å². The Morgan fingerprint density at radius 3 is 2.95 bits per heavy atom. The van der Waals surface area contributed by atoms with Crippen molar-refractivity contribution in [3.05, 3.63) is 22.7 Å². The van der Waals surface area contributed by atoms with Crippen molar-refractivity contribution in [2.75, 3.05) is 13.7 Å². The Hall–Kier alpha value is -1.46. The molecule has 1 amide bonds. The normalized spacial score (nSPS) is 19.1. The summed E-state index contributed by atoms with van der Waals surface area (Å²) in [6, 6.07) is 3.25. The second kappa shape index (κ2) is 6.81. The summed E-state index contributed by atoms with van der Waals surface area (Å²) in [7, 11) is 1.49. The Bertz CT molecular complexity index is 492. The molecule has 2 rings (SSSR count). The first kappa shape index (κ1) is 14.9. The van der Waals surface area contributed by atoms with Crippen LogP contribution in [0.5, 0.6) is 11.5 Å². The van der Waals surface area contributed by atoms with E-state index in [0.29, 0.717) is 35.1 Å². The highest BCUT2D eigenvalue weighted by atomic mass is 35.5. The average molecular weight is 300 g/mol. The second-order valence-electron chi connectivity index (χ2n) is 4.66. The van der Waals surface area contributed by atoms with Crippen LogP contribution in [-0.2, 0) is 11.4 Å². The van der Waals surface area contributed by atoms with Crippen molar-refractivity contribution in [2.24, 2.45) is 0 Å². The summed E-state index contributed by atoms with van der Waals surface area (Å²) in [5.41, 5.74) is 0.629. The monoisotopic (exact) mass is 299 g/mol. The third kappa shape index (κ3) is 3.35. The molecule has 1 aliphatic heterocycles. The van der Waals surface area contributed by atoms with Gasteiger partial charge in [0, 0.05) is 6.54 Å². The van der Waals surface area contributed by atoms with Crippen molar-refractivity contribution in [1.82, 2.24) is 5.32 Å². The number of hydrogen-bond donors (Lipinski definition) is 2. The van der Waals surface area contributed by atoms with Crippen LogP contribution in [0.1, 0.15) is 24.8 Å². The van der Waals surface area contributed by atoms with Crippen molar-refractivity contribution in [3.63, 3.8) is 0 Å². The fraction of sp³-hybridized carbons (Fsp3) is 0.500. The summed E-state index contributed by atoms with van der Waals surface area (Å²) >= 11 is 6.15. The standard InChI is InChI=1S/C14H18ClNO4/c1-19-12-7-9(8-17)6-10(15)13(12)20-11-4-2-3-5-16-14(11)18/h6-7,11,17H,2-5,8H2,1H3,(H,16,18). The Morgan fingerprint density at radius 2 is 2.25 bits per heavy atom. The first-order valence-electron chi connectivity index (χ1n) is 6.57. The first-order valence-corrected chi connectivity index (χ1v) is 6.95. The molecule has 0 aromatic heterocycles. The molecule has 1 aromatic rings. The molecule has 1 unspecified atom stereocenters. The molecule has 20 heavy (non-hydrogen) atoms. The quantitative estimate of drug-likeness (QED) is 0.891. The minimum absolute atomic E-state index is 0.133. The summed E-state index contributed by atoms with van der Waals surface area (Å²) in [5, 5.41) is 12.3. The lowest BCUT2D eigenvalue weighted by molar-refractivity contribution is -0.127. The van der Waals surface area contributed by atoms with Crippen molar-refractivity contribution in [2.45, 2.75) is 32.0 Å². The van der Waals surface area contributed by atoms with Crippen molar-refractivity contribution in [3.8, 4) is 11.5 Å². The fourth-order valence-corrected chi connectivity index (χ4v) is 2.42. The fourth-order valence-electron chi connectivity index (χ4n) is 2.14. The number of carbonyl (C=O) groups excluding carboxylic acids is 1. The van der Waals surface area contributed by atoms with E-state index < -0.39 is 6.10 Å². The molecule has 0 saturated carbocycles. The lowest BCUT2D eigenvalue weighted by Crippen LogP contribution is -2.36. The van der Waals surface area contributed by atoms with Gasteiger partial charge in [-0.2, -0.15) is 0 Å². The van der Waals surface area contributed by atoms with Crippen LogP contribution in [0.25, 0.3) is 0 Å². The van der Waals surface area contributed by atoms with Crippen LogP contribution in [0.3, 0.4) is 0 Å². The molecular formula is C14H18ClNO4. The van der Waals surface area contributed by atoms with E-state index in [-0.39, 0.29) is 12.5 Å². The Kier molecular flexibility index (Phi) is 5.09. The van der Waals surface area contributed by atoms with Gasteiger partial charge in [-0.3, -0.25) is 4.79 Å². The molecule has 5 nitrogen and oxygen atoms in total. The summed E-state index contributed by atoms with van der Waals surface area (Å²) in [4.78, 5) is 11.9. The predicted molar refractivity (Wildman–Crippen MR) is 75.2 cm³/mol. The maximum absolute atomic E-state index is 11.9. The molecule has 1 atom stereocenters. The molecule has 1 fully saturated rings. The maximum Gasteiger partial charge on any atom is 0.261 e. The number of halogens is 1. The largest absolute Gasteiger partial charge is 0.493 e. The number of aliphatic hydroxyl groups excluding tert-OH is 1. The van der Waals surface area contributed by atoms with Gasteiger partial charge in [0.15, 0.2) is 17.6 Å². The Labute approximate surface area is 122 Å². The van der Waals surface area contributed by atoms with Gasteiger partial charge in [-0.15, -0.1) is 0 Å².